The van der Waals surface area contributed by atoms with E-state index in [1.807, 2.05) is 24.3 Å². The van der Waals surface area contributed by atoms with Crippen molar-refractivity contribution in [3.8, 4) is 0 Å². The van der Waals surface area contributed by atoms with Crippen molar-refractivity contribution in [3.63, 3.8) is 0 Å². The summed E-state index contributed by atoms with van der Waals surface area (Å²) in [6.07, 6.45) is 2.97. The van der Waals surface area contributed by atoms with Gasteiger partial charge in [0.1, 0.15) is 0 Å². The van der Waals surface area contributed by atoms with Gasteiger partial charge in [0.05, 0.1) is 6.42 Å². The highest BCUT2D eigenvalue weighted by atomic mass is 16.5. The Morgan fingerprint density at radius 1 is 1.37 bits per heavy atom. The molecule has 0 saturated heterocycles. The number of carbonyl (C=O) groups is 1. The molecule has 0 unspecified atom stereocenters. The molecular formula is C14H15N3O2. The number of nitrogens with one attached hydrogen (secondary N) is 1. The average Bonchev–Trinajstić information content (AvgIpc) is 3.12. The third-order valence-corrected chi connectivity index (χ3v) is 3.06. The van der Waals surface area contributed by atoms with E-state index in [9.17, 15) is 4.79 Å². The third kappa shape index (κ3) is 2.99. The second-order valence-electron chi connectivity index (χ2n) is 4.88. The Labute approximate surface area is 111 Å². The van der Waals surface area contributed by atoms with Crippen molar-refractivity contribution in [2.45, 2.75) is 32.1 Å². The Hall–Kier alpha value is -2.17. The maximum Gasteiger partial charge on any atom is 0.231 e. The Bertz CT molecular complexity index is 585. The maximum atomic E-state index is 10.9. The van der Waals surface area contributed by atoms with Gasteiger partial charge in [0.15, 0.2) is 5.82 Å². The molecular weight excluding hydrogens is 242 g/mol. The fourth-order valence-corrected chi connectivity index (χ4v) is 1.93. The van der Waals surface area contributed by atoms with Crippen LogP contribution >= 0.6 is 0 Å². The standard InChI is InChI=1S/C14H15N3O2/c1-9(18)15-12-6-2-10(3-7-12)8-13-16-14(17-19-13)11-4-5-11/h2-3,6-7,11H,4-5,8H2,1H3,(H,15,18). The molecule has 19 heavy (non-hydrogen) atoms. The number of aromatic nitrogens is 2. The minimum Gasteiger partial charge on any atom is -0.339 e. The first-order valence-electron chi connectivity index (χ1n) is 6.40. The molecule has 1 heterocycles. The van der Waals surface area contributed by atoms with Crippen LogP contribution in [0.2, 0.25) is 0 Å². The molecule has 5 heteroatoms. The molecule has 1 amide bonds. The molecule has 1 aliphatic rings. The Morgan fingerprint density at radius 2 is 2.11 bits per heavy atom. The van der Waals surface area contributed by atoms with E-state index >= 15 is 0 Å². The van der Waals surface area contributed by atoms with Crippen molar-refractivity contribution in [2.24, 2.45) is 0 Å². The van der Waals surface area contributed by atoms with Gasteiger partial charge in [-0.05, 0) is 30.5 Å². The van der Waals surface area contributed by atoms with Gasteiger partial charge >= 0.3 is 0 Å². The third-order valence-electron chi connectivity index (χ3n) is 3.06. The molecule has 2 aromatic rings. The second-order valence-corrected chi connectivity index (χ2v) is 4.88. The lowest BCUT2D eigenvalue weighted by molar-refractivity contribution is -0.114. The Kier molecular flexibility index (Phi) is 3.03. The number of rotatable bonds is 4. The summed E-state index contributed by atoms with van der Waals surface area (Å²) >= 11 is 0. The van der Waals surface area contributed by atoms with Crippen LogP contribution in [0.4, 0.5) is 5.69 Å². The zero-order valence-corrected chi connectivity index (χ0v) is 10.7. The van der Waals surface area contributed by atoms with Gasteiger partial charge in [-0.3, -0.25) is 4.79 Å². The molecule has 0 spiro atoms. The Morgan fingerprint density at radius 3 is 2.74 bits per heavy atom. The molecule has 0 atom stereocenters. The number of carbonyl (C=O) groups excluding carboxylic acids is 1. The normalized spacial score (nSPS) is 14.4. The van der Waals surface area contributed by atoms with Crippen LogP contribution < -0.4 is 5.32 Å². The molecule has 5 nitrogen and oxygen atoms in total. The molecule has 1 N–H and O–H groups in total. The summed E-state index contributed by atoms with van der Waals surface area (Å²) in [5.74, 6) is 1.93. The summed E-state index contributed by atoms with van der Waals surface area (Å²) in [4.78, 5) is 15.3. The fraction of sp³-hybridized carbons (Fsp3) is 0.357. The first-order valence-corrected chi connectivity index (χ1v) is 6.40. The second kappa shape index (κ2) is 4.84. The summed E-state index contributed by atoms with van der Waals surface area (Å²) < 4.78 is 5.23. The minimum atomic E-state index is -0.0706. The number of benzene rings is 1. The van der Waals surface area contributed by atoms with Crippen LogP contribution in [-0.2, 0) is 11.2 Å². The highest BCUT2D eigenvalue weighted by Gasteiger charge is 2.28. The van der Waals surface area contributed by atoms with E-state index in [-0.39, 0.29) is 5.91 Å². The van der Waals surface area contributed by atoms with Crippen molar-refractivity contribution >= 4 is 11.6 Å². The Balaban J connectivity index is 1.66. The van der Waals surface area contributed by atoms with Crippen molar-refractivity contribution in [1.82, 2.24) is 10.1 Å². The predicted octanol–water partition coefficient (Wildman–Crippen LogP) is 2.50. The average molecular weight is 257 g/mol. The van der Waals surface area contributed by atoms with Crippen LogP contribution in [0.3, 0.4) is 0 Å². The molecule has 1 saturated carbocycles. The summed E-state index contributed by atoms with van der Waals surface area (Å²) in [5, 5.41) is 6.72. The molecule has 0 bridgehead atoms. The lowest BCUT2D eigenvalue weighted by Gasteiger charge is -2.02. The van der Waals surface area contributed by atoms with Crippen LogP contribution in [0, 0.1) is 0 Å². The molecule has 3 rings (SSSR count). The van der Waals surface area contributed by atoms with E-state index in [1.54, 1.807) is 0 Å². The highest BCUT2D eigenvalue weighted by molar-refractivity contribution is 5.88. The first kappa shape index (κ1) is 11.9. The van der Waals surface area contributed by atoms with Crippen molar-refractivity contribution in [1.29, 1.82) is 0 Å². The quantitative estimate of drug-likeness (QED) is 0.913. The van der Waals surface area contributed by atoms with E-state index < -0.39 is 0 Å². The number of nitrogens with zero attached hydrogens (tertiary/aromatic N) is 2. The van der Waals surface area contributed by atoms with Gasteiger partial charge in [-0.15, -0.1) is 0 Å². The van der Waals surface area contributed by atoms with Crippen LogP contribution in [0.15, 0.2) is 28.8 Å². The van der Waals surface area contributed by atoms with Gasteiger partial charge in [-0.25, -0.2) is 0 Å². The lowest BCUT2D eigenvalue weighted by atomic mass is 10.1. The van der Waals surface area contributed by atoms with Gasteiger partial charge in [0, 0.05) is 18.5 Å². The molecule has 0 radical (unpaired) electrons. The van der Waals surface area contributed by atoms with Gasteiger partial charge in [-0.2, -0.15) is 4.98 Å². The topological polar surface area (TPSA) is 68.0 Å². The van der Waals surface area contributed by atoms with Crippen molar-refractivity contribution in [3.05, 3.63) is 41.5 Å². The largest absolute Gasteiger partial charge is 0.339 e. The molecule has 1 fully saturated rings. The van der Waals surface area contributed by atoms with E-state index in [1.165, 1.54) is 19.8 Å². The molecule has 1 aliphatic carbocycles. The molecule has 98 valence electrons. The van der Waals surface area contributed by atoms with Crippen molar-refractivity contribution < 1.29 is 9.32 Å². The van der Waals surface area contributed by atoms with Gasteiger partial charge in [-0.1, -0.05) is 17.3 Å². The fourth-order valence-electron chi connectivity index (χ4n) is 1.93. The SMILES string of the molecule is CC(=O)Nc1ccc(Cc2nc(C3CC3)no2)cc1. The van der Waals surface area contributed by atoms with E-state index in [0.717, 1.165) is 17.1 Å². The van der Waals surface area contributed by atoms with Crippen LogP contribution in [0.5, 0.6) is 0 Å². The summed E-state index contributed by atoms with van der Waals surface area (Å²) in [6.45, 7) is 1.49. The summed E-state index contributed by atoms with van der Waals surface area (Å²) in [5.41, 5.74) is 1.88. The van der Waals surface area contributed by atoms with Gasteiger partial charge in [0.2, 0.25) is 11.8 Å². The molecule has 1 aromatic carbocycles. The van der Waals surface area contributed by atoms with E-state index in [4.69, 9.17) is 4.52 Å². The van der Waals surface area contributed by atoms with Crippen LogP contribution in [0.25, 0.3) is 0 Å². The number of hydrogen-bond donors (Lipinski definition) is 1. The van der Waals surface area contributed by atoms with E-state index in [2.05, 4.69) is 15.5 Å². The minimum absolute atomic E-state index is 0.0706. The number of anilines is 1. The van der Waals surface area contributed by atoms with E-state index in [0.29, 0.717) is 18.2 Å². The van der Waals surface area contributed by atoms with Gasteiger partial charge in [0.25, 0.3) is 0 Å². The molecule has 0 aliphatic heterocycles. The number of hydrogen-bond acceptors (Lipinski definition) is 4. The molecule has 1 aromatic heterocycles. The zero-order valence-electron chi connectivity index (χ0n) is 10.7. The van der Waals surface area contributed by atoms with Crippen LogP contribution in [0.1, 0.15) is 43.0 Å². The highest BCUT2D eigenvalue weighted by Crippen LogP contribution is 2.38. The smallest absolute Gasteiger partial charge is 0.231 e. The predicted molar refractivity (Wildman–Crippen MR) is 69.8 cm³/mol. The van der Waals surface area contributed by atoms with Crippen LogP contribution in [-0.4, -0.2) is 16.0 Å². The monoisotopic (exact) mass is 257 g/mol. The van der Waals surface area contributed by atoms with Crippen molar-refractivity contribution in [2.75, 3.05) is 5.32 Å². The zero-order chi connectivity index (χ0) is 13.2. The van der Waals surface area contributed by atoms with Gasteiger partial charge < -0.3 is 9.84 Å². The maximum absolute atomic E-state index is 10.9. The first-order chi connectivity index (χ1) is 9.20. The summed E-state index contributed by atoms with van der Waals surface area (Å²) in [7, 11) is 0. The lowest BCUT2D eigenvalue weighted by Crippen LogP contribution is -2.05. The summed E-state index contributed by atoms with van der Waals surface area (Å²) in [6, 6.07) is 7.64. The number of amides is 1.